The molecule has 0 atom stereocenters. The van der Waals surface area contributed by atoms with Gasteiger partial charge < -0.3 is 5.32 Å². The molecule has 2 N–H and O–H groups in total. The molecule has 0 aliphatic rings. The van der Waals surface area contributed by atoms with E-state index < -0.39 is 0 Å². The van der Waals surface area contributed by atoms with E-state index in [1.54, 1.807) is 17.1 Å². The van der Waals surface area contributed by atoms with E-state index in [9.17, 15) is 4.79 Å². The van der Waals surface area contributed by atoms with E-state index in [-0.39, 0.29) is 5.56 Å². The first kappa shape index (κ1) is 10.9. The molecule has 0 aliphatic carbocycles. The lowest BCUT2D eigenvalue weighted by Gasteiger charge is -2.04. The highest BCUT2D eigenvalue weighted by Gasteiger charge is 2.04. The Hall–Kier alpha value is -1.63. The highest BCUT2D eigenvalue weighted by atomic mass is 79.9. The third-order valence-corrected chi connectivity index (χ3v) is 2.82. The lowest BCUT2D eigenvalue weighted by atomic mass is 10.3. The van der Waals surface area contributed by atoms with Gasteiger partial charge in [0.1, 0.15) is 4.47 Å². The fraction of sp³-hybridized carbons (Fsp3) is 0.222. The maximum absolute atomic E-state index is 11.2. The molecular weight excluding hydrogens is 274 g/mol. The van der Waals surface area contributed by atoms with E-state index in [0.717, 1.165) is 5.56 Å². The molecule has 2 aromatic heterocycles. The van der Waals surface area contributed by atoms with E-state index in [4.69, 9.17) is 0 Å². The third kappa shape index (κ3) is 2.30. The third-order valence-electron chi connectivity index (χ3n) is 2.04. The molecule has 0 amide bonds. The van der Waals surface area contributed by atoms with Crippen LogP contribution in [0.1, 0.15) is 5.56 Å². The van der Waals surface area contributed by atoms with Gasteiger partial charge in [0, 0.05) is 25.4 Å². The summed E-state index contributed by atoms with van der Waals surface area (Å²) in [5.74, 6) is 0. The van der Waals surface area contributed by atoms with Gasteiger partial charge in [-0.05, 0) is 15.9 Å². The number of H-pyrrole nitrogens is 1. The van der Waals surface area contributed by atoms with Crippen molar-refractivity contribution >= 4 is 21.6 Å². The summed E-state index contributed by atoms with van der Waals surface area (Å²) in [6, 6.07) is 0. The highest BCUT2D eigenvalue weighted by molar-refractivity contribution is 9.10. The van der Waals surface area contributed by atoms with Crippen molar-refractivity contribution in [1.29, 1.82) is 0 Å². The molecule has 0 saturated heterocycles. The van der Waals surface area contributed by atoms with E-state index in [0.29, 0.717) is 16.7 Å². The molecule has 2 aromatic rings. The van der Waals surface area contributed by atoms with Gasteiger partial charge in [-0.15, -0.1) is 0 Å². The zero-order valence-electron chi connectivity index (χ0n) is 8.57. The molecular formula is C9H10BrN5O. The van der Waals surface area contributed by atoms with Crippen molar-refractivity contribution in [3.8, 4) is 0 Å². The van der Waals surface area contributed by atoms with Gasteiger partial charge in [-0.2, -0.15) is 10.2 Å². The van der Waals surface area contributed by atoms with Gasteiger partial charge in [-0.1, -0.05) is 0 Å². The Kier molecular flexibility index (Phi) is 3.04. The number of aryl methyl sites for hydroxylation is 1. The molecule has 0 radical (unpaired) electrons. The predicted molar refractivity (Wildman–Crippen MR) is 63.1 cm³/mol. The largest absolute Gasteiger partial charge is 0.378 e. The van der Waals surface area contributed by atoms with Crippen LogP contribution in [0, 0.1) is 0 Å². The zero-order chi connectivity index (χ0) is 11.5. The first-order valence-electron chi connectivity index (χ1n) is 4.61. The molecule has 2 rings (SSSR count). The van der Waals surface area contributed by atoms with Gasteiger partial charge in [-0.3, -0.25) is 9.48 Å². The molecule has 0 aliphatic heterocycles. The van der Waals surface area contributed by atoms with E-state index in [1.807, 2.05) is 13.2 Å². The number of nitrogens with zero attached hydrogens (tertiary/aromatic N) is 3. The fourth-order valence-electron chi connectivity index (χ4n) is 1.27. The second kappa shape index (κ2) is 4.48. The molecule has 6 nitrogen and oxygen atoms in total. The molecule has 7 heteroatoms. The number of halogens is 1. The molecule has 0 aromatic carbocycles. The standard InChI is InChI=1S/C9H10BrN5O/c1-15-5-6(3-13-15)2-11-7-4-12-14-9(16)8(7)10/h3-5H,2H2,1H3,(H2,11,14,16). The summed E-state index contributed by atoms with van der Waals surface area (Å²) in [5.41, 5.74) is 1.44. The van der Waals surface area contributed by atoms with Crippen molar-refractivity contribution in [2.24, 2.45) is 7.05 Å². The van der Waals surface area contributed by atoms with Crippen LogP contribution in [-0.2, 0) is 13.6 Å². The van der Waals surface area contributed by atoms with Gasteiger partial charge >= 0.3 is 0 Å². The number of hydrogen-bond donors (Lipinski definition) is 2. The topological polar surface area (TPSA) is 75.6 Å². The maximum atomic E-state index is 11.2. The van der Waals surface area contributed by atoms with Crippen LogP contribution < -0.4 is 10.9 Å². The van der Waals surface area contributed by atoms with Crippen LogP contribution in [0.5, 0.6) is 0 Å². The smallest absolute Gasteiger partial charge is 0.280 e. The second-order valence-corrected chi connectivity index (χ2v) is 4.10. The number of aromatic nitrogens is 4. The number of anilines is 1. The van der Waals surface area contributed by atoms with Crippen molar-refractivity contribution < 1.29 is 0 Å². The van der Waals surface area contributed by atoms with Crippen molar-refractivity contribution in [1.82, 2.24) is 20.0 Å². The van der Waals surface area contributed by atoms with Gasteiger partial charge in [-0.25, -0.2) is 5.10 Å². The van der Waals surface area contributed by atoms with Crippen molar-refractivity contribution in [2.75, 3.05) is 5.32 Å². The minimum Gasteiger partial charge on any atom is -0.378 e. The Morgan fingerprint density at radius 1 is 1.56 bits per heavy atom. The lowest BCUT2D eigenvalue weighted by molar-refractivity contribution is 0.767. The Balaban J connectivity index is 2.10. The second-order valence-electron chi connectivity index (χ2n) is 3.30. The summed E-state index contributed by atoms with van der Waals surface area (Å²) in [5, 5.41) is 13.2. The Bertz CT molecular complexity index is 547. The van der Waals surface area contributed by atoms with Crippen LogP contribution in [0.25, 0.3) is 0 Å². The van der Waals surface area contributed by atoms with Gasteiger partial charge in [0.15, 0.2) is 0 Å². The summed E-state index contributed by atoms with van der Waals surface area (Å²) >= 11 is 3.19. The van der Waals surface area contributed by atoms with Gasteiger partial charge in [0.25, 0.3) is 5.56 Å². The first-order chi connectivity index (χ1) is 7.66. The highest BCUT2D eigenvalue weighted by Crippen LogP contribution is 2.16. The van der Waals surface area contributed by atoms with Gasteiger partial charge in [0.2, 0.25) is 0 Å². The first-order valence-corrected chi connectivity index (χ1v) is 5.40. The molecule has 0 unspecified atom stereocenters. The SMILES string of the molecule is Cn1cc(CNc2cn[nH]c(=O)c2Br)cn1. The van der Waals surface area contributed by atoms with Crippen LogP contribution in [-0.4, -0.2) is 20.0 Å². The predicted octanol–water partition coefficient (Wildman–Crippen LogP) is 0.878. The summed E-state index contributed by atoms with van der Waals surface area (Å²) in [4.78, 5) is 11.2. The number of rotatable bonds is 3. The Morgan fingerprint density at radius 3 is 3.06 bits per heavy atom. The monoisotopic (exact) mass is 283 g/mol. The van der Waals surface area contributed by atoms with Crippen LogP contribution in [0.2, 0.25) is 0 Å². The quantitative estimate of drug-likeness (QED) is 0.877. The normalized spacial score (nSPS) is 10.4. The minimum atomic E-state index is -0.254. The zero-order valence-corrected chi connectivity index (χ0v) is 10.2. The van der Waals surface area contributed by atoms with Crippen molar-refractivity contribution in [3.05, 3.63) is 39.0 Å². The molecule has 0 bridgehead atoms. The molecule has 16 heavy (non-hydrogen) atoms. The Morgan fingerprint density at radius 2 is 2.38 bits per heavy atom. The van der Waals surface area contributed by atoms with Crippen LogP contribution in [0.3, 0.4) is 0 Å². The molecule has 0 fully saturated rings. The van der Waals surface area contributed by atoms with Crippen LogP contribution in [0.4, 0.5) is 5.69 Å². The summed E-state index contributed by atoms with van der Waals surface area (Å²) in [6.07, 6.45) is 5.23. The number of aromatic amines is 1. The maximum Gasteiger partial charge on any atom is 0.280 e. The fourth-order valence-corrected chi connectivity index (χ4v) is 1.60. The average Bonchev–Trinajstić information content (AvgIpc) is 2.67. The van der Waals surface area contributed by atoms with Crippen molar-refractivity contribution in [2.45, 2.75) is 6.54 Å². The number of hydrogen-bond acceptors (Lipinski definition) is 4. The molecule has 2 heterocycles. The van der Waals surface area contributed by atoms with Gasteiger partial charge in [0.05, 0.1) is 18.1 Å². The lowest BCUT2D eigenvalue weighted by Crippen LogP contribution is -2.12. The summed E-state index contributed by atoms with van der Waals surface area (Å²) < 4.78 is 2.17. The van der Waals surface area contributed by atoms with E-state index >= 15 is 0 Å². The Labute approximate surface area is 99.8 Å². The molecule has 0 spiro atoms. The molecule has 0 saturated carbocycles. The van der Waals surface area contributed by atoms with Crippen LogP contribution >= 0.6 is 15.9 Å². The van der Waals surface area contributed by atoms with E-state index in [2.05, 4.69) is 36.5 Å². The molecule has 84 valence electrons. The summed E-state index contributed by atoms with van der Waals surface area (Å²) in [7, 11) is 1.86. The average molecular weight is 284 g/mol. The van der Waals surface area contributed by atoms with Crippen molar-refractivity contribution in [3.63, 3.8) is 0 Å². The van der Waals surface area contributed by atoms with E-state index in [1.165, 1.54) is 0 Å². The minimum absolute atomic E-state index is 0.254. The van der Waals surface area contributed by atoms with Crippen LogP contribution in [0.15, 0.2) is 27.9 Å². The number of nitrogens with one attached hydrogen (secondary N) is 2. The summed E-state index contributed by atoms with van der Waals surface area (Å²) in [6.45, 7) is 0.595.